The average Bonchev–Trinajstić information content (AvgIpc) is 2.33. The Morgan fingerprint density at radius 3 is 2.69 bits per heavy atom. The zero-order valence-corrected chi connectivity index (χ0v) is 9.84. The molecule has 1 aromatic heterocycles. The standard InChI is InChI=1S/C9H15BrN2O/c1-9(2,3)13-5-4-12-7-8(10)6-11-12/h6-7H,4-5H2,1-3H3. The molecule has 0 atom stereocenters. The molecule has 0 N–H and O–H groups in total. The maximum Gasteiger partial charge on any atom is 0.0669 e. The fraction of sp³-hybridized carbons (Fsp3) is 0.667. The average molecular weight is 247 g/mol. The molecular weight excluding hydrogens is 232 g/mol. The van der Waals surface area contributed by atoms with E-state index < -0.39 is 0 Å². The fourth-order valence-electron chi connectivity index (χ4n) is 0.906. The molecule has 3 nitrogen and oxygen atoms in total. The van der Waals surface area contributed by atoms with E-state index in [1.807, 2.05) is 31.6 Å². The highest BCUT2D eigenvalue weighted by molar-refractivity contribution is 9.10. The summed E-state index contributed by atoms with van der Waals surface area (Å²) >= 11 is 3.34. The lowest BCUT2D eigenvalue weighted by Gasteiger charge is -2.19. The Kier molecular flexibility index (Phi) is 3.50. The van der Waals surface area contributed by atoms with Gasteiger partial charge < -0.3 is 4.74 Å². The zero-order valence-electron chi connectivity index (χ0n) is 8.25. The van der Waals surface area contributed by atoms with Crippen molar-refractivity contribution in [3.63, 3.8) is 0 Å². The van der Waals surface area contributed by atoms with Crippen molar-refractivity contribution in [3.05, 3.63) is 16.9 Å². The second-order valence-electron chi connectivity index (χ2n) is 3.88. The molecule has 0 unspecified atom stereocenters. The van der Waals surface area contributed by atoms with E-state index in [-0.39, 0.29) is 5.60 Å². The largest absolute Gasteiger partial charge is 0.374 e. The van der Waals surface area contributed by atoms with E-state index in [2.05, 4.69) is 21.0 Å². The second kappa shape index (κ2) is 4.24. The van der Waals surface area contributed by atoms with E-state index in [0.717, 1.165) is 11.0 Å². The van der Waals surface area contributed by atoms with Gasteiger partial charge in [0.2, 0.25) is 0 Å². The first kappa shape index (κ1) is 10.7. The van der Waals surface area contributed by atoms with Crippen LogP contribution in [0.5, 0.6) is 0 Å². The molecular formula is C9H15BrN2O. The van der Waals surface area contributed by atoms with Crippen LogP contribution in [0.3, 0.4) is 0 Å². The first-order chi connectivity index (χ1) is 5.97. The highest BCUT2D eigenvalue weighted by Crippen LogP contribution is 2.08. The summed E-state index contributed by atoms with van der Waals surface area (Å²) in [6.45, 7) is 7.63. The van der Waals surface area contributed by atoms with E-state index in [1.54, 1.807) is 6.20 Å². The Labute approximate surface area is 87.2 Å². The van der Waals surface area contributed by atoms with Gasteiger partial charge in [0, 0.05) is 6.20 Å². The molecule has 1 rings (SSSR count). The van der Waals surface area contributed by atoms with E-state index in [0.29, 0.717) is 6.61 Å². The predicted molar refractivity (Wildman–Crippen MR) is 55.6 cm³/mol. The number of rotatable bonds is 3. The van der Waals surface area contributed by atoms with E-state index >= 15 is 0 Å². The van der Waals surface area contributed by atoms with Crippen molar-refractivity contribution in [1.82, 2.24) is 9.78 Å². The molecule has 1 aromatic rings. The van der Waals surface area contributed by atoms with Crippen molar-refractivity contribution in [1.29, 1.82) is 0 Å². The number of hydrogen-bond donors (Lipinski definition) is 0. The molecule has 0 radical (unpaired) electrons. The Hall–Kier alpha value is -0.350. The van der Waals surface area contributed by atoms with Crippen LogP contribution in [-0.4, -0.2) is 22.0 Å². The molecule has 0 aliphatic heterocycles. The smallest absolute Gasteiger partial charge is 0.0669 e. The van der Waals surface area contributed by atoms with Crippen LogP contribution in [0, 0.1) is 0 Å². The first-order valence-corrected chi connectivity index (χ1v) is 5.08. The molecule has 74 valence electrons. The first-order valence-electron chi connectivity index (χ1n) is 4.29. The topological polar surface area (TPSA) is 27.1 Å². The maximum atomic E-state index is 5.57. The van der Waals surface area contributed by atoms with Gasteiger partial charge in [-0.2, -0.15) is 5.10 Å². The monoisotopic (exact) mass is 246 g/mol. The van der Waals surface area contributed by atoms with Gasteiger partial charge in [-0.3, -0.25) is 4.68 Å². The minimum absolute atomic E-state index is 0.0651. The molecule has 4 heteroatoms. The number of ether oxygens (including phenoxy) is 1. The molecule has 13 heavy (non-hydrogen) atoms. The van der Waals surface area contributed by atoms with E-state index in [1.165, 1.54) is 0 Å². The summed E-state index contributed by atoms with van der Waals surface area (Å²) in [6, 6.07) is 0. The SMILES string of the molecule is CC(C)(C)OCCn1cc(Br)cn1. The summed E-state index contributed by atoms with van der Waals surface area (Å²) in [5, 5.41) is 4.13. The van der Waals surface area contributed by atoms with Crippen LogP contribution in [0.25, 0.3) is 0 Å². The van der Waals surface area contributed by atoms with E-state index in [4.69, 9.17) is 4.74 Å². The summed E-state index contributed by atoms with van der Waals surface area (Å²) in [5.41, 5.74) is -0.0651. The third kappa shape index (κ3) is 4.43. The molecule has 0 bridgehead atoms. The van der Waals surface area contributed by atoms with Gasteiger partial charge in [0.1, 0.15) is 0 Å². The number of halogens is 1. The van der Waals surface area contributed by atoms with E-state index in [9.17, 15) is 0 Å². The summed E-state index contributed by atoms with van der Waals surface area (Å²) in [7, 11) is 0. The van der Waals surface area contributed by atoms with Crippen molar-refractivity contribution in [2.24, 2.45) is 0 Å². The minimum atomic E-state index is -0.0651. The van der Waals surface area contributed by atoms with Gasteiger partial charge in [0.05, 0.1) is 29.4 Å². The van der Waals surface area contributed by atoms with Gasteiger partial charge >= 0.3 is 0 Å². The van der Waals surface area contributed by atoms with Crippen molar-refractivity contribution in [2.45, 2.75) is 32.9 Å². The van der Waals surface area contributed by atoms with Crippen LogP contribution < -0.4 is 0 Å². The maximum absolute atomic E-state index is 5.57. The Morgan fingerprint density at radius 2 is 2.23 bits per heavy atom. The highest BCUT2D eigenvalue weighted by atomic mass is 79.9. The summed E-state index contributed by atoms with van der Waals surface area (Å²) in [5.74, 6) is 0. The molecule has 0 amide bonds. The minimum Gasteiger partial charge on any atom is -0.374 e. The van der Waals surface area contributed by atoms with Crippen LogP contribution in [0.1, 0.15) is 20.8 Å². The third-order valence-corrected chi connectivity index (χ3v) is 1.87. The van der Waals surface area contributed by atoms with Gasteiger partial charge in [-0.05, 0) is 36.7 Å². The fourth-order valence-corrected chi connectivity index (χ4v) is 1.23. The van der Waals surface area contributed by atoms with Gasteiger partial charge in [-0.1, -0.05) is 0 Å². The van der Waals surface area contributed by atoms with Crippen LogP contribution in [0.15, 0.2) is 16.9 Å². The molecule has 0 aliphatic carbocycles. The highest BCUT2D eigenvalue weighted by Gasteiger charge is 2.09. The van der Waals surface area contributed by atoms with Gasteiger partial charge in [-0.15, -0.1) is 0 Å². The molecule has 0 saturated heterocycles. The van der Waals surface area contributed by atoms with Gasteiger partial charge in [0.15, 0.2) is 0 Å². The molecule has 0 aromatic carbocycles. The summed E-state index contributed by atoms with van der Waals surface area (Å²) in [6.07, 6.45) is 3.71. The number of hydrogen-bond acceptors (Lipinski definition) is 2. The molecule has 0 fully saturated rings. The molecule has 0 saturated carbocycles. The molecule has 0 aliphatic rings. The molecule has 1 heterocycles. The Bertz CT molecular complexity index is 265. The predicted octanol–water partition coefficient (Wildman–Crippen LogP) is 2.46. The van der Waals surface area contributed by atoms with Crippen molar-refractivity contribution >= 4 is 15.9 Å². The lowest BCUT2D eigenvalue weighted by Crippen LogP contribution is -2.21. The van der Waals surface area contributed by atoms with Crippen molar-refractivity contribution in [3.8, 4) is 0 Å². The second-order valence-corrected chi connectivity index (χ2v) is 4.80. The van der Waals surface area contributed by atoms with Gasteiger partial charge in [0.25, 0.3) is 0 Å². The quantitative estimate of drug-likeness (QED) is 0.820. The number of aromatic nitrogens is 2. The van der Waals surface area contributed by atoms with Crippen LogP contribution in [0.2, 0.25) is 0 Å². The molecule has 0 spiro atoms. The van der Waals surface area contributed by atoms with Crippen LogP contribution in [-0.2, 0) is 11.3 Å². The lowest BCUT2D eigenvalue weighted by atomic mass is 10.2. The Morgan fingerprint density at radius 1 is 1.54 bits per heavy atom. The summed E-state index contributed by atoms with van der Waals surface area (Å²) < 4.78 is 8.43. The normalized spacial score (nSPS) is 12.0. The number of nitrogens with zero attached hydrogens (tertiary/aromatic N) is 2. The van der Waals surface area contributed by atoms with Crippen molar-refractivity contribution < 1.29 is 4.74 Å². The summed E-state index contributed by atoms with van der Waals surface area (Å²) in [4.78, 5) is 0. The van der Waals surface area contributed by atoms with Gasteiger partial charge in [-0.25, -0.2) is 0 Å². The third-order valence-electron chi connectivity index (χ3n) is 1.46. The lowest BCUT2D eigenvalue weighted by molar-refractivity contribution is -0.00789. The van der Waals surface area contributed by atoms with Crippen LogP contribution in [0.4, 0.5) is 0 Å². The van der Waals surface area contributed by atoms with Crippen molar-refractivity contribution in [2.75, 3.05) is 6.61 Å². The Balaban J connectivity index is 2.28. The van der Waals surface area contributed by atoms with Crippen LogP contribution >= 0.6 is 15.9 Å². The zero-order chi connectivity index (χ0) is 9.90.